The molecule has 0 aliphatic carbocycles. The summed E-state index contributed by atoms with van der Waals surface area (Å²) in [6.07, 6.45) is 0.862. The molecule has 0 bridgehead atoms. The Morgan fingerprint density at radius 2 is 2.20 bits per heavy atom. The van der Waals surface area contributed by atoms with E-state index in [4.69, 9.17) is 4.74 Å². The lowest BCUT2D eigenvalue weighted by atomic mass is 10.1. The Morgan fingerprint density at radius 3 is 3.00 bits per heavy atom. The summed E-state index contributed by atoms with van der Waals surface area (Å²) in [5, 5.41) is 0.546. The number of hydrogen-bond acceptors (Lipinski definition) is 6. The Labute approximate surface area is 148 Å². The van der Waals surface area contributed by atoms with Crippen LogP contribution in [0.3, 0.4) is 0 Å². The summed E-state index contributed by atoms with van der Waals surface area (Å²) >= 11 is 1.31. The van der Waals surface area contributed by atoms with E-state index in [1.807, 2.05) is 24.3 Å². The van der Waals surface area contributed by atoms with E-state index in [0.717, 1.165) is 21.8 Å². The first-order chi connectivity index (χ1) is 11.9. The molecule has 6 nitrogen and oxygen atoms in total. The lowest BCUT2D eigenvalue weighted by Crippen LogP contribution is -2.19. The zero-order valence-electron chi connectivity index (χ0n) is 13.5. The lowest BCUT2D eigenvalue weighted by molar-refractivity contribution is 0.414. The molecule has 0 fully saturated rings. The van der Waals surface area contributed by atoms with Gasteiger partial charge in [0.2, 0.25) is 0 Å². The molecule has 1 N–H and O–H groups in total. The van der Waals surface area contributed by atoms with E-state index in [1.54, 1.807) is 7.11 Å². The molecule has 0 amide bonds. The second-order valence-electron chi connectivity index (χ2n) is 6.07. The van der Waals surface area contributed by atoms with Crippen molar-refractivity contribution in [1.29, 1.82) is 0 Å². The predicted molar refractivity (Wildman–Crippen MR) is 97.2 cm³/mol. The first kappa shape index (κ1) is 16.3. The summed E-state index contributed by atoms with van der Waals surface area (Å²) in [4.78, 5) is 21.3. The Balaban J connectivity index is 1.76. The molecule has 2 aromatic heterocycles. The highest BCUT2D eigenvalue weighted by Crippen LogP contribution is 2.33. The fraction of sp³-hybridized carbons (Fsp3) is 0.294. The maximum absolute atomic E-state index is 12.5. The number of nitrogens with zero attached hydrogens (tertiary/aromatic N) is 1. The minimum absolute atomic E-state index is 0.00795. The van der Waals surface area contributed by atoms with Crippen molar-refractivity contribution in [2.75, 3.05) is 12.9 Å². The van der Waals surface area contributed by atoms with Gasteiger partial charge in [-0.05, 0) is 29.7 Å². The molecule has 1 aromatic carbocycles. The third-order valence-corrected chi connectivity index (χ3v) is 7.18. The van der Waals surface area contributed by atoms with Crippen molar-refractivity contribution in [3.05, 3.63) is 56.4 Å². The Hall–Kier alpha value is -2.19. The number of nitrogens with one attached hydrogen (secondary N) is 1. The van der Waals surface area contributed by atoms with Crippen molar-refractivity contribution in [1.82, 2.24) is 9.97 Å². The van der Waals surface area contributed by atoms with Gasteiger partial charge >= 0.3 is 0 Å². The van der Waals surface area contributed by atoms with E-state index in [1.165, 1.54) is 11.3 Å². The quantitative estimate of drug-likeness (QED) is 0.756. The van der Waals surface area contributed by atoms with Gasteiger partial charge in [-0.15, -0.1) is 11.3 Å². The minimum Gasteiger partial charge on any atom is -0.497 e. The fourth-order valence-corrected chi connectivity index (χ4v) is 6.17. The molecule has 3 heterocycles. The van der Waals surface area contributed by atoms with E-state index in [-0.39, 0.29) is 17.1 Å². The molecule has 8 heteroatoms. The minimum atomic E-state index is -3.07. The highest BCUT2D eigenvalue weighted by molar-refractivity contribution is 7.90. The number of H-pyrrole nitrogens is 1. The van der Waals surface area contributed by atoms with Crippen molar-refractivity contribution < 1.29 is 13.2 Å². The van der Waals surface area contributed by atoms with Crippen molar-refractivity contribution >= 4 is 31.4 Å². The average Bonchev–Trinajstić information content (AvgIpc) is 2.91. The smallest absolute Gasteiger partial charge is 0.259 e. The molecule has 4 rings (SSSR count). The number of thiophene rings is 1. The van der Waals surface area contributed by atoms with Gasteiger partial charge < -0.3 is 9.72 Å². The maximum atomic E-state index is 12.5. The normalized spacial score (nSPS) is 15.9. The van der Waals surface area contributed by atoms with E-state index >= 15 is 0 Å². The second-order valence-corrected chi connectivity index (χ2v) is 9.33. The van der Waals surface area contributed by atoms with Gasteiger partial charge in [0.25, 0.3) is 5.56 Å². The SMILES string of the molecule is COc1cccc(Cc2nc3sc4c(c3c(=O)[nH]2)CCS(=O)(=O)C4)c1. The van der Waals surface area contributed by atoms with Crippen LogP contribution in [0.2, 0.25) is 0 Å². The van der Waals surface area contributed by atoms with Crippen LogP contribution in [0.1, 0.15) is 21.8 Å². The van der Waals surface area contributed by atoms with Gasteiger partial charge in [0, 0.05) is 11.3 Å². The molecule has 0 unspecified atom stereocenters. The zero-order valence-corrected chi connectivity index (χ0v) is 15.2. The second kappa shape index (κ2) is 5.96. The Bertz CT molecular complexity index is 1130. The highest BCUT2D eigenvalue weighted by Gasteiger charge is 2.27. The average molecular weight is 376 g/mol. The number of ether oxygens (including phenoxy) is 1. The summed E-state index contributed by atoms with van der Waals surface area (Å²) < 4.78 is 28.9. The third-order valence-electron chi connectivity index (χ3n) is 4.31. The number of aromatic nitrogens is 2. The molecule has 3 aromatic rings. The van der Waals surface area contributed by atoms with E-state index in [9.17, 15) is 13.2 Å². The summed E-state index contributed by atoms with van der Waals surface area (Å²) in [5.41, 5.74) is 1.63. The van der Waals surface area contributed by atoms with Crippen LogP contribution in [0.5, 0.6) is 5.75 Å². The van der Waals surface area contributed by atoms with Gasteiger partial charge in [-0.3, -0.25) is 4.79 Å². The van der Waals surface area contributed by atoms with Crippen LogP contribution in [-0.2, 0) is 28.4 Å². The molecule has 1 aliphatic rings. The Kier molecular flexibility index (Phi) is 3.88. The van der Waals surface area contributed by atoms with Crippen molar-refractivity contribution in [2.45, 2.75) is 18.6 Å². The molecule has 25 heavy (non-hydrogen) atoms. The number of fused-ring (bicyclic) bond motifs is 3. The predicted octanol–water partition coefficient (Wildman–Crippen LogP) is 2.05. The van der Waals surface area contributed by atoms with Gasteiger partial charge in [0.05, 0.1) is 24.0 Å². The first-order valence-corrected chi connectivity index (χ1v) is 10.5. The van der Waals surface area contributed by atoms with E-state index in [0.29, 0.717) is 28.9 Å². The molecular formula is C17H16N2O4S2. The fourth-order valence-electron chi connectivity index (χ4n) is 3.12. The van der Waals surface area contributed by atoms with Crippen LogP contribution < -0.4 is 10.3 Å². The number of hydrogen-bond donors (Lipinski definition) is 1. The summed E-state index contributed by atoms with van der Waals surface area (Å²) in [5.74, 6) is 1.41. The maximum Gasteiger partial charge on any atom is 0.259 e. The van der Waals surface area contributed by atoms with Gasteiger partial charge in [-0.2, -0.15) is 0 Å². The van der Waals surface area contributed by atoms with Crippen molar-refractivity contribution in [3.8, 4) is 5.75 Å². The molecule has 0 spiro atoms. The number of benzene rings is 1. The van der Waals surface area contributed by atoms with Gasteiger partial charge in [0.1, 0.15) is 16.4 Å². The zero-order chi connectivity index (χ0) is 17.6. The monoisotopic (exact) mass is 376 g/mol. The largest absolute Gasteiger partial charge is 0.497 e. The van der Waals surface area contributed by atoms with E-state index in [2.05, 4.69) is 9.97 Å². The van der Waals surface area contributed by atoms with Crippen LogP contribution in [0.4, 0.5) is 0 Å². The molecule has 0 saturated heterocycles. The Morgan fingerprint density at radius 1 is 1.36 bits per heavy atom. The third kappa shape index (κ3) is 3.07. The number of aryl methyl sites for hydroxylation is 1. The number of sulfone groups is 1. The number of methoxy groups -OCH3 is 1. The molecular weight excluding hydrogens is 360 g/mol. The van der Waals surface area contributed by atoms with Crippen LogP contribution in [0.25, 0.3) is 10.2 Å². The molecule has 0 radical (unpaired) electrons. The standard InChI is InChI=1S/C17H16N2O4S2/c1-23-11-4-2-3-10(7-11)8-14-18-16(20)15-12-5-6-25(21,22)9-13(12)24-17(15)19-14/h2-4,7H,5-6,8-9H2,1H3,(H,18,19,20). The van der Waals surface area contributed by atoms with Gasteiger partial charge in [0.15, 0.2) is 9.84 Å². The topological polar surface area (TPSA) is 89.1 Å². The van der Waals surface area contributed by atoms with Crippen LogP contribution >= 0.6 is 11.3 Å². The lowest BCUT2D eigenvalue weighted by Gasteiger charge is -2.11. The van der Waals surface area contributed by atoms with Crippen LogP contribution in [-0.4, -0.2) is 31.2 Å². The molecule has 1 aliphatic heterocycles. The molecule has 0 saturated carbocycles. The highest BCUT2D eigenvalue weighted by atomic mass is 32.2. The van der Waals surface area contributed by atoms with Gasteiger partial charge in [-0.1, -0.05) is 12.1 Å². The van der Waals surface area contributed by atoms with Crippen LogP contribution in [0, 0.1) is 0 Å². The van der Waals surface area contributed by atoms with Gasteiger partial charge in [-0.25, -0.2) is 13.4 Å². The molecule has 130 valence electrons. The number of aromatic amines is 1. The van der Waals surface area contributed by atoms with E-state index < -0.39 is 9.84 Å². The first-order valence-electron chi connectivity index (χ1n) is 7.82. The van der Waals surface area contributed by atoms with Crippen LogP contribution in [0.15, 0.2) is 29.1 Å². The van der Waals surface area contributed by atoms with Crippen molar-refractivity contribution in [3.63, 3.8) is 0 Å². The number of rotatable bonds is 3. The molecule has 0 atom stereocenters. The van der Waals surface area contributed by atoms with Crippen molar-refractivity contribution in [2.24, 2.45) is 0 Å². The summed E-state index contributed by atoms with van der Waals surface area (Å²) in [6.45, 7) is 0. The summed E-state index contributed by atoms with van der Waals surface area (Å²) in [7, 11) is -1.46. The summed E-state index contributed by atoms with van der Waals surface area (Å²) in [6, 6.07) is 7.59.